The average molecular weight is 463 g/mol. The number of carbonyl (C=O) groups excluding carboxylic acids is 2. The van der Waals surface area contributed by atoms with E-state index in [-0.39, 0.29) is 0 Å². The van der Waals surface area contributed by atoms with E-state index >= 15 is 0 Å². The van der Waals surface area contributed by atoms with Gasteiger partial charge in [0.15, 0.2) is 0 Å². The van der Waals surface area contributed by atoms with Gasteiger partial charge in [-0.3, -0.25) is 15.5 Å². The van der Waals surface area contributed by atoms with Crippen LogP contribution in [0.4, 0.5) is 21.9 Å². The molecule has 4 rings (SSSR count). The Hall–Kier alpha value is -3.84. The summed E-state index contributed by atoms with van der Waals surface area (Å²) < 4.78 is 5.49. The smallest absolute Gasteiger partial charge is 0.412 e. The first-order valence-corrected chi connectivity index (χ1v) is 10.9. The fraction of sp³-hybridized carbons (Fsp3) is 0.160. The number of amides is 2. The molecule has 0 aromatic heterocycles. The van der Waals surface area contributed by atoms with Crippen molar-refractivity contribution in [2.24, 2.45) is 0 Å². The minimum absolute atomic E-state index is 0.478. The van der Waals surface area contributed by atoms with Gasteiger partial charge >= 0.3 is 6.09 Å². The predicted octanol–water partition coefficient (Wildman–Crippen LogP) is 5.85. The van der Waals surface area contributed by atoms with Gasteiger partial charge in [-0.05, 0) is 55.0 Å². The minimum Gasteiger partial charge on any atom is -0.431 e. The number of anilines is 3. The zero-order chi connectivity index (χ0) is 23.2. The highest BCUT2D eigenvalue weighted by Gasteiger charge is 2.25. The van der Waals surface area contributed by atoms with E-state index in [4.69, 9.17) is 21.7 Å². The molecule has 3 aromatic carbocycles. The lowest BCUT2D eigenvalue weighted by Gasteiger charge is -2.20. The van der Waals surface area contributed by atoms with Gasteiger partial charge in [0.2, 0.25) is 6.10 Å². The summed E-state index contributed by atoms with van der Waals surface area (Å²) in [4.78, 5) is 27.5. The maximum absolute atomic E-state index is 13.1. The molecule has 1 fully saturated rings. The number of ether oxygens (including phenoxy) is 1. The van der Waals surface area contributed by atoms with E-state index in [0.29, 0.717) is 27.8 Å². The number of nitrogens with one attached hydrogen (secondary N) is 3. The predicted molar refractivity (Wildman–Crippen MR) is 130 cm³/mol. The zero-order valence-corrected chi connectivity index (χ0v) is 18.5. The van der Waals surface area contributed by atoms with Gasteiger partial charge in [-0.2, -0.15) is 0 Å². The van der Waals surface area contributed by atoms with Crippen molar-refractivity contribution in [3.63, 3.8) is 0 Å². The number of carbonyl (C=O) groups is 2. The standard InChI is InChI=1S/C25H23ClN4O3/c26-18-8-10-20(11-9-18)29-25(32)33-23(17-5-2-1-3-6-17)24(31)28-19-12-14-21(15-13-19)30-16-4-7-22(30)27/h1-3,5-6,8-15,23,27H,4,7,16H2,(H,28,31)(H,29,32)/t23-/m1/s1. The third-order valence-electron chi connectivity index (χ3n) is 5.22. The van der Waals surface area contributed by atoms with Crippen molar-refractivity contribution in [2.45, 2.75) is 18.9 Å². The molecule has 3 aromatic rings. The van der Waals surface area contributed by atoms with E-state index in [1.807, 2.05) is 23.1 Å². The van der Waals surface area contributed by atoms with Crippen LogP contribution < -0.4 is 15.5 Å². The second kappa shape index (κ2) is 10.2. The molecule has 1 atom stereocenters. The van der Waals surface area contributed by atoms with Crippen molar-refractivity contribution < 1.29 is 14.3 Å². The van der Waals surface area contributed by atoms with Crippen LogP contribution in [0.2, 0.25) is 5.02 Å². The Balaban J connectivity index is 1.46. The molecule has 2 amide bonds. The molecular formula is C25H23ClN4O3. The second-order valence-corrected chi connectivity index (χ2v) is 8.00. The normalized spacial score (nSPS) is 14.0. The first-order valence-electron chi connectivity index (χ1n) is 10.5. The van der Waals surface area contributed by atoms with E-state index in [2.05, 4.69) is 10.6 Å². The van der Waals surface area contributed by atoms with Crippen LogP contribution in [0.3, 0.4) is 0 Å². The van der Waals surface area contributed by atoms with Gasteiger partial charge in [-0.15, -0.1) is 0 Å². The Morgan fingerprint density at radius 3 is 2.18 bits per heavy atom. The topological polar surface area (TPSA) is 94.5 Å². The summed E-state index contributed by atoms with van der Waals surface area (Å²) in [6.45, 7) is 0.817. The van der Waals surface area contributed by atoms with Crippen molar-refractivity contribution >= 4 is 46.5 Å². The van der Waals surface area contributed by atoms with E-state index < -0.39 is 18.1 Å². The minimum atomic E-state index is -1.15. The largest absolute Gasteiger partial charge is 0.431 e. The van der Waals surface area contributed by atoms with Crippen molar-refractivity contribution in [2.75, 3.05) is 22.1 Å². The van der Waals surface area contributed by atoms with Crippen LogP contribution in [0.25, 0.3) is 0 Å². The van der Waals surface area contributed by atoms with Gasteiger partial charge in [0.05, 0.1) is 0 Å². The summed E-state index contributed by atoms with van der Waals surface area (Å²) in [5.74, 6) is 0.116. The van der Waals surface area contributed by atoms with Crippen LogP contribution in [0.5, 0.6) is 0 Å². The van der Waals surface area contributed by atoms with Crippen LogP contribution in [0.15, 0.2) is 78.9 Å². The van der Waals surface area contributed by atoms with Crippen molar-refractivity contribution in [3.8, 4) is 0 Å². The molecule has 3 N–H and O–H groups in total. The molecule has 0 radical (unpaired) electrons. The lowest BCUT2D eigenvalue weighted by Crippen LogP contribution is -2.28. The van der Waals surface area contributed by atoms with Gasteiger partial charge in [0, 0.05) is 40.6 Å². The first kappa shape index (κ1) is 22.4. The molecule has 1 aliphatic heterocycles. The number of nitrogens with zero attached hydrogens (tertiary/aromatic N) is 1. The average Bonchev–Trinajstić information content (AvgIpc) is 3.26. The molecule has 1 aliphatic rings. The summed E-state index contributed by atoms with van der Waals surface area (Å²) in [7, 11) is 0. The van der Waals surface area contributed by atoms with E-state index in [1.165, 1.54) is 0 Å². The maximum Gasteiger partial charge on any atom is 0.412 e. The fourth-order valence-corrected chi connectivity index (χ4v) is 3.71. The highest BCUT2D eigenvalue weighted by atomic mass is 35.5. The maximum atomic E-state index is 13.1. The van der Waals surface area contributed by atoms with Crippen molar-refractivity contribution in [1.29, 1.82) is 5.41 Å². The monoisotopic (exact) mass is 462 g/mol. The lowest BCUT2D eigenvalue weighted by atomic mass is 10.1. The molecule has 1 heterocycles. The number of rotatable bonds is 6. The molecule has 0 unspecified atom stereocenters. The molecule has 8 heteroatoms. The Kier molecular flexibility index (Phi) is 6.90. The Labute approximate surface area is 196 Å². The molecule has 1 saturated heterocycles. The van der Waals surface area contributed by atoms with Gasteiger partial charge in [0.1, 0.15) is 5.84 Å². The summed E-state index contributed by atoms with van der Waals surface area (Å²) in [6, 6.07) is 22.7. The third-order valence-corrected chi connectivity index (χ3v) is 5.48. The molecule has 33 heavy (non-hydrogen) atoms. The fourth-order valence-electron chi connectivity index (χ4n) is 3.58. The van der Waals surface area contributed by atoms with Gasteiger partial charge in [-0.1, -0.05) is 41.9 Å². The van der Waals surface area contributed by atoms with Crippen LogP contribution in [-0.2, 0) is 9.53 Å². The number of hydrogen-bond donors (Lipinski definition) is 3. The molecule has 0 bridgehead atoms. The third kappa shape index (κ3) is 5.70. The SMILES string of the molecule is N=C1CCCN1c1ccc(NC(=O)[C@H](OC(=O)Nc2ccc(Cl)cc2)c2ccccc2)cc1. The number of hydrogen-bond acceptors (Lipinski definition) is 4. The highest BCUT2D eigenvalue weighted by Crippen LogP contribution is 2.25. The van der Waals surface area contributed by atoms with Crippen LogP contribution in [0, 0.1) is 5.41 Å². The summed E-state index contributed by atoms with van der Waals surface area (Å²) >= 11 is 5.87. The van der Waals surface area contributed by atoms with Gasteiger partial charge < -0.3 is 15.0 Å². The molecule has 0 aliphatic carbocycles. The summed E-state index contributed by atoms with van der Waals surface area (Å²) in [5.41, 5.74) is 2.52. The summed E-state index contributed by atoms with van der Waals surface area (Å²) in [5, 5.41) is 14.0. The van der Waals surface area contributed by atoms with Crippen LogP contribution in [0.1, 0.15) is 24.5 Å². The number of benzene rings is 3. The Morgan fingerprint density at radius 2 is 1.55 bits per heavy atom. The molecule has 0 spiro atoms. The van der Waals surface area contributed by atoms with E-state index in [1.54, 1.807) is 60.7 Å². The van der Waals surface area contributed by atoms with Crippen LogP contribution in [-0.4, -0.2) is 24.4 Å². The van der Waals surface area contributed by atoms with Gasteiger partial charge in [-0.25, -0.2) is 4.79 Å². The molecular weight excluding hydrogens is 440 g/mol. The van der Waals surface area contributed by atoms with E-state index in [9.17, 15) is 9.59 Å². The molecule has 0 saturated carbocycles. The number of amidine groups is 1. The second-order valence-electron chi connectivity index (χ2n) is 7.57. The first-order chi connectivity index (χ1) is 16.0. The molecule has 7 nitrogen and oxygen atoms in total. The zero-order valence-electron chi connectivity index (χ0n) is 17.8. The van der Waals surface area contributed by atoms with E-state index in [0.717, 1.165) is 25.1 Å². The van der Waals surface area contributed by atoms with Crippen molar-refractivity contribution in [3.05, 3.63) is 89.4 Å². The lowest BCUT2D eigenvalue weighted by molar-refractivity contribution is -0.124. The highest BCUT2D eigenvalue weighted by molar-refractivity contribution is 6.30. The Morgan fingerprint density at radius 1 is 0.909 bits per heavy atom. The van der Waals surface area contributed by atoms with Crippen LogP contribution >= 0.6 is 11.6 Å². The Bertz CT molecular complexity index is 1130. The van der Waals surface area contributed by atoms with Gasteiger partial charge in [0.25, 0.3) is 5.91 Å². The molecule has 168 valence electrons. The van der Waals surface area contributed by atoms with Crippen molar-refractivity contribution in [1.82, 2.24) is 0 Å². The quantitative estimate of drug-likeness (QED) is 0.428. The number of halogens is 1. The summed E-state index contributed by atoms with van der Waals surface area (Å²) in [6.07, 6.45) is -0.174.